The molecule has 0 aliphatic carbocycles. The summed E-state index contributed by atoms with van der Waals surface area (Å²) in [5.74, 6) is -1.65. The molecule has 1 aromatic heterocycles. The Balaban J connectivity index is 2.21. The molecule has 25 heavy (non-hydrogen) atoms. The summed E-state index contributed by atoms with van der Waals surface area (Å²) in [5, 5.41) is 0. The number of benzene rings is 1. The summed E-state index contributed by atoms with van der Waals surface area (Å²) in [4.78, 5) is 38.1. The molecule has 0 saturated heterocycles. The van der Waals surface area contributed by atoms with Crippen LogP contribution in [0.3, 0.4) is 0 Å². The summed E-state index contributed by atoms with van der Waals surface area (Å²) in [6, 6.07) is 11.2. The average Bonchev–Trinajstić information content (AvgIpc) is 3.10. The van der Waals surface area contributed by atoms with Gasteiger partial charge in [0.15, 0.2) is 0 Å². The maximum Gasteiger partial charge on any atom is 0.325 e. The molecule has 2 aromatic rings. The molecule has 1 amide bonds. The van der Waals surface area contributed by atoms with Crippen molar-refractivity contribution in [2.24, 2.45) is 0 Å². The van der Waals surface area contributed by atoms with Gasteiger partial charge in [-0.2, -0.15) is 0 Å². The number of hydrogen-bond donors (Lipinski definition) is 0. The molecule has 0 radical (unpaired) electrons. The first-order chi connectivity index (χ1) is 11.9. The van der Waals surface area contributed by atoms with Crippen LogP contribution in [0, 0.1) is 0 Å². The second-order valence-electron chi connectivity index (χ2n) is 4.98. The van der Waals surface area contributed by atoms with Gasteiger partial charge in [-0.05, 0) is 29.8 Å². The molecule has 0 saturated carbocycles. The molecule has 0 aliphatic heterocycles. The molecule has 6 nitrogen and oxygen atoms in total. The molecule has 0 N–H and O–H groups in total. The summed E-state index contributed by atoms with van der Waals surface area (Å²) in [6.07, 6.45) is 0. The second kappa shape index (κ2) is 8.77. The average molecular weight is 426 g/mol. The van der Waals surface area contributed by atoms with Crippen molar-refractivity contribution in [2.45, 2.75) is 0 Å². The van der Waals surface area contributed by atoms with Crippen molar-refractivity contribution < 1.29 is 23.9 Å². The van der Waals surface area contributed by atoms with Crippen molar-refractivity contribution in [3.63, 3.8) is 0 Å². The maximum absolute atomic E-state index is 12.7. The van der Waals surface area contributed by atoms with Gasteiger partial charge in [-0.1, -0.05) is 28.1 Å². The van der Waals surface area contributed by atoms with Crippen LogP contribution in [0.5, 0.6) is 0 Å². The van der Waals surface area contributed by atoms with Gasteiger partial charge in [0.25, 0.3) is 5.91 Å². The van der Waals surface area contributed by atoms with Crippen LogP contribution in [-0.4, -0.2) is 50.1 Å². The number of hydrogen-bond acceptors (Lipinski definition) is 6. The quantitative estimate of drug-likeness (QED) is 0.665. The number of ether oxygens (including phenoxy) is 2. The normalized spacial score (nSPS) is 10.2. The number of methoxy groups -OCH3 is 2. The lowest BCUT2D eigenvalue weighted by atomic mass is 10.2. The Hall–Kier alpha value is -2.19. The SMILES string of the molecule is COC(=O)CN(CC(=O)OC)C(=O)c1ccc(-c2ccc(Br)cc2)s1. The molecule has 1 heterocycles. The van der Waals surface area contributed by atoms with E-state index in [-0.39, 0.29) is 13.1 Å². The van der Waals surface area contributed by atoms with E-state index < -0.39 is 17.8 Å². The molecular formula is C17H16BrNO5S. The predicted molar refractivity (Wildman–Crippen MR) is 97.4 cm³/mol. The van der Waals surface area contributed by atoms with Gasteiger partial charge in [0.1, 0.15) is 13.1 Å². The Kier molecular flexibility index (Phi) is 6.72. The van der Waals surface area contributed by atoms with Crippen LogP contribution in [0.1, 0.15) is 9.67 Å². The topological polar surface area (TPSA) is 72.9 Å². The highest BCUT2D eigenvalue weighted by molar-refractivity contribution is 9.10. The van der Waals surface area contributed by atoms with Gasteiger partial charge in [-0.15, -0.1) is 11.3 Å². The zero-order valence-electron chi connectivity index (χ0n) is 13.7. The minimum absolute atomic E-state index is 0.323. The Morgan fingerprint density at radius 2 is 1.52 bits per heavy atom. The lowest BCUT2D eigenvalue weighted by molar-refractivity contribution is -0.144. The summed E-state index contributed by atoms with van der Waals surface area (Å²) in [7, 11) is 2.44. The summed E-state index contributed by atoms with van der Waals surface area (Å²) in [5.41, 5.74) is 0.972. The standard InChI is InChI=1S/C17H16BrNO5S/c1-23-15(20)9-19(10-16(21)24-2)17(22)14-8-7-13(25-14)11-3-5-12(18)6-4-11/h3-8H,9-10H2,1-2H3. The molecule has 8 heteroatoms. The van der Waals surface area contributed by atoms with Gasteiger partial charge in [0.05, 0.1) is 19.1 Å². The van der Waals surface area contributed by atoms with Gasteiger partial charge in [-0.25, -0.2) is 0 Å². The van der Waals surface area contributed by atoms with E-state index in [9.17, 15) is 14.4 Å². The number of halogens is 1. The van der Waals surface area contributed by atoms with Crippen LogP contribution in [-0.2, 0) is 19.1 Å². The number of esters is 2. The molecule has 2 rings (SSSR count). The van der Waals surface area contributed by atoms with E-state index in [1.165, 1.54) is 25.6 Å². The third-order valence-corrected chi connectivity index (χ3v) is 4.98. The van der Waals surface area contributed by atoms with Crippen molar-refractivity contribution >= 4 is 45.1 Å². The first-order valence-electron chi connectivity index (χ1n) is 7.23. The van der Waals surface area contributed by atoms with Crippen LogP contribution in [0.15, 0.2) is 40.9 Å². The van der Waals surface area contributed by atoms with Gasteiger partial charge in [-0.3, -0.25) is 14.4 Å². The third-order valence-electron chi connectivity index (χ3n) is 3.33. The maximum atomic E-state index is 12.7. The summed E-state index contributed by atoms with van der Waals surface area (Å²) in [6.45, 7) is -0.647. The largest absolute Gasteiger partial charge is 0.468 e. The number of thiophene rings is 1. The van der Waals surface area contributed by atoms with Gasteiger partial charge >= 0.3 is 11.9 Å². The molecule has 0 spiro atoms. The molecule has 0 bridgehead atoms. The molecular weight excluding hydrogens is 410 g/mol. The smallest absolute Gasteiger partial charge is 0.325 e. The van der Waals surface area contributed by atoms with Crippen molar-refractivity contribution in [1.29, 1.82) is 0 Å². The monoisotopic (exact) mass is 425 g/mol. The van der Waals surface area contributed by atoms with E-state index in [2.05, 4.69) is 25.4 Å². The fourth-order valence-corrected chi connectivity index (χ4v) is 3.26. The summed E-state index contributed by atoms with van der Waals surface area (Å²) >= 11 is 4.67. The van der Waals surface area contributed by atoms with Crippen molar-refractivity contribution in [3.8, 4) is 10.4 Å². The number of carbonyl (C=O) groups is 3. The Morgan fingerprint density at radius 3 is 2.04 bits per heavy atom. The second-order valence-corrected chi connectivity index (χ2v) is 6.98. The molecule has 1 aromatic carbocycles. The van der Waals surface area contributed by atoms with E-state index in [0.717, 1.165) is 19.8 Å². The zero-order chi connectivity index (χ0) is 18.4. The van der Waals surface area contributed by atoms with Crippen LogP contribution >= 0.6 is 27.3 Å². The first kappa shape index (κ1) is 19.1. The Morgan fingerprint density at radius 1 is 0.960 bits per heavy atom. The van der Waals surface area contributed by atoms with Crippen LogP contribution in [0.25, 0.3) is 10.4 Å². The zero-order valence-corrected chi connectivity index (χ0v) is 16.1. The van der Waals surface area contributed by atoms with E-state index in [1.807, 2.05) is 30.3 Å². The lowest BCUT2D eigenvalue weighted by Crippen LogP contribution is -2.39. The highest BCUT2D eigenvalue weighted by atomic mass is 79.9. The van der Waals surface area contributed by atoms with Crippen LogP contribution < -0.4 is 0 Å². The molecule has 132 valence electrons. The van der Waals surface area contributed by atoms with E-state index in [0.29, 0.717) is 4.88 Å². The molecule has 0 aliphatic rings. The Bertz CT molecular complexity index is 754. The predicted octanol–water partition coefficient (Wildman–Crippen LogP) is 2.97. The van der Waals surface area contributed by atoms with Crippen molar-refractivity contribution in [2.75, 3.05) is 27.3 Å². The number of rotatable bonds is 6. The first-order valence-corrected chi connectivity index (χ1v) is 8.84. The minimum Gasteiger partial charge on any atom is -0.468 e. The number of nitrogens with zero attached hydrogens (tertiary/aromatic N) is 1. The molecule has 0 unspecified atom stereocenters. The lowest BCUT2D eigenvalue weighted by Gasteiger charge is -2.19. The van der Waals surface area contributed by atoms with E-state index in [1.54, 1.807) is 6.07 Å². The van der Waals surface area contributed by atoms with E-state index >= 15 is 0 Å². The fraction of sp³-hybridized carbons (Fsp3) is 0.235. The summed E-state index contributed by atoms with van der Waals surface area (Å²) < 4.78 is 10.1. The highest BCUT2D eigenvalue weighted by Gasteiger charge is 2.23. The third kappa shape index (κ3) is 5.14. The Labute approximate surface area is 157 Å². The number of amides is 1. The molecule has 0 fully saturated rings. The van der Waals surface area contributed by atoms with Crippen molar-refractivity contribution in [1.82, 2.24) is 4.90 Å². The highest BCUT2D eigenvalue weighted by Crippen LogP contribution is 2.29. The van der Waals surface area contributed by atoms with E-state index in [4.69, 9.17) is 0 Å². The minimum atomic E-state index is -0.609. The van der Waals surface area contributed by atoms with Gasteiger partial charge in [0.2, 0.25) is 0 Å². The van der Waals surface area contributed by atoms with Crippen LogP contribution in [0.2, 0.25) is 0 Å². The molecule has 0 atom stereocenters. The van der Waals surface area contributed by atoms with Gasteiger partial charge in [0, 0.05) is 9.35 Å². The van der Waals surface area contributed by atoms with Gasteiger partial charge < -0.3 is 14.4 Å². The fourth-order valence-electron chi connectivity index (χ4n) is 2.02. The van der Waals surface area contributed by atoms with Crippen LogP contribution in [0.4, 0.5) is 0 Å². The number of carbonyl (C=O) groups excluding carboxylic acids is 3. The van der Waals surface area contributed by atoms with Crippen molar-refractivity contribution in [3.05, 3.63) is 45.7 Å².